The molecule has 0 aliphatic heterocycles. The smallest absolute Gasteiger partial charge is 0.328 e. The van der Waals surface area contributed by atoms with Gasteiger partial charge in [0.1, 0.15) is 12.6 Å². The van der Waals surface area contributed by atoms with Crippen molar-refractivity contribution >= 4 is 33.7 Å². The Labute approximate surface area is 187 Å². The summed E-state index contributed by atoms with van der Waals surface area (Å²) in [6, 6.07) is 17.7. The first-order valence-electron chi connectivity index (χ1n) is 10.8. The van der Waals surface area contributed by atoms with Crippen molar-refractivity contribution in [1.82, 2.24) is 14.9 Å². The van der Waals surface area contributed by atoms with Crippen LogP contribution in [-0.4, -0.2) is 34.6 Å². The Bertz CT molecular complexity index is 1280. The van der Waals surface area contributed by atoms with Crippen LogP contribution in [0.3, 0.4) is 0 Å². The number of methoxy groups -OCH3 is 1. The molecule has 0 saturated carbocycles. The molecule has 0 fully saturated rings. The van der Waals surface area contributed by atoms with Crippen LogP contribution in [0.2, 0.25) is 0 Å². The Hall–Kier alpha value is -3.67. The maximum atomic E-state index is 12.6. The highest BCUT2D eigenvalue weighted by atomic mass is 16.5. The lowest BCUT2D eigenvalue weighted by molar-refractivity contribution is -0.145. The number of carbonyl (C=O) groups excluding carboxylic acids is 2. The van der Waals surface area contributed by atoms with Crippen LogP contribution in [0.15, 0.2) is 67.0 Å². The Kier molecular flexibility index (Phi) is 6.21. The van der Waals surface area contributed by atoms with E-state index in [-0.39, 0.29) is 18.4 Å². The Morgan fingerprint density at radius 3 is 2.59 bits per heavy atom. The van der Waals surface area contributed by atoms with E-state index >= 15 is 0 Å². The van der Waals surface area contributed by atoms with Gasteiger partial charge in [-0.2, -0.15) is 0 Å². The molecule has 0 spiro atoms. The monoisotopic (exact) mass is 429 g/mol. The molecular weight excluding hydrogens is 402 g/mol. The van der Waals surface area contributed by atoms with Gasteiger partial charge < -0.3 is 14.6 Å². The average Bonchev–Trinajstić information content (AvgIpc) is 3.19. The summed E-state index contributed by atoms with van der Waals surface area (Å²) >= 11 is 0. The number of amides is 1. The minimum Gasteiger partial charge on any atom is -0.467 e. The minimum absolute atomic E-state index is 0.131. The van der Waals surface area contributed by atoms with Gasteiger partial charge >= 0.3 is 5.97 Å². The fourth-order valence-electron chi connectivity index (χ4n) is 3.97. The van der Waals surface area contributed by atoms with Crippen molar-refractivity contribution in [1.29, 1.82) is 0 Å². The van der Waals surface area contributed by atoms with Crippen LogP contribution < -0.4 is 5.32 Å². The first kappa shape index (κ1) is 21.6. The van der Waals surface area contributed by atoms with Gasteiger partial charge in [-0.3, -0.25) is 9.78 Å². The summed E-state index contributed by atoms with van der Waals surface area (Å²) in [5.41, 5.74) is 4.04. The summed E-state index contributed by atoms with van der Waals surface area (Å²) < 4.78 is 6.72. The third kappa shape index (κ3) is 4.64. The van der Waals surface area contributed by atoms with Crippen LogP contribution in [0.5, 0.6) is 0 Å². The van der Waals surface area contributed by atoms with Crippen LogP contribution in [0, 0.1) is 5.92 Å². The molecule has 0 aliphatic carbocycles. The third-order valence-electron chi connectivity index (χ3n) is 5.54. The molecule has 0 aliphatic rings. The SMILES string of the molecule is COC(=O)[C@H](CC(C)C)NC(=O)Cn1ccc2cc(-c3cnc4ccccc4c3)ccc21. The summed E-state index contributed by atoms with van der Waals surface area (Å²) in [6.07, 6.45) is 4.31. The molecule has 2 heterocycles. The van der Waals surface area contributed by atoms with Crippen molar-refractivity contribution in [3.05, 3.63) is 67.0 Å². The molecule has 6 heteroatoms. The van der Waals surface area contributed by atoms with Gasteiger partial charge in [0, 0.05) is 34.2 Å². The molecule has 0 unspecified atom stereocenters. The van der Waals surface area contributed by atoms with Crippen molar-refractivity contribution < 1.29 is 14.3 Å². The third-order valence-corrected chi connectivity index (χ3v) is 5.54. The maximum absolute atomic E-state index is 12.6. The molecule has 1 atom stereocenters. The van der Waals surface area contributed by atoms with Crippen LogP contribution in [-0.2, 0) is 20.9 Å². The number of para-hydroxylation sites is 1. The maximum Gasteiger partial charge on any atom is 0.328 e. The number of esters is 1. The van der Waals surface area contributed by atoms with Gasteiger partial charge in [0.25, 0.3) is 0 Å². The summed E-state index contributed by atoms with van der Waals surface area (Å²) in [5.74, 6) is -0.380. The van der Waals surface area contributed by atoms with Gasteiger partial charge in [-0.1, -0.05) is 38.1 Å². The first-order chi connectivity index (χ1) is 15.4. The Balaban J connectivity index is 1.53. The zero-order valence-electron chi connectivity index (χ0n) is 18.5. The van der Waals surface area contributed by atoms with Crippen molar-refractivity contribution in [2.75, 3.05) is 7.11 Å². The molecule has 0 radical (unpaired) electrons. The van der Waals surface area contributed by atoms with E-state index in [0.717, 1.165) is 32.9 Å². The number of nitrogens with one attached hydrogen (secondary N) is 1. The van der Waals surface area contributed by atoms with Gasteiger partial charge in [0.2, 0.25) is 5.91 Å². The molecule has 1 amide bonds. The number of pyridine rings is 1. The fourth-order valence-corrected chi connectivity index (χ4v) is 3.97. The number of benzene rings is 2. The van der Waals surface area contributed by atoms with E-state index in [1.165, 1.54) is 7.11 Å². The predicted octanol–water partition coefficient (Wildman–Crippen LogP) is 4.56. The second kappa shape index (κ2) is 9.22. The largest absolute Gasteiger partial charge is 0.467 e. The van der Waals surface area contributed by atoms with Crippen molar-refractivity contribution in [3.8, 4) is 11.1 Å². The summed E-state index contributed by atoms with van der Waals surface area (Å²) in [4.78, 5) is 29.2. The quantitative estimate of drug-likeness (QED) is 0.437. The van der Waals surface area contributed by atoms with E-state index in [2.05, 4.69) is 28.5 Å². The van der Waals surface area contributed by atoms with Gasteiger partial charge in [0.05, 0.1) is 12.6 Å². The van der Waals surface area contributed by atoms with Crippen LogP contribution in [0.25, 0.3) is 32.9 Å². The van der Waals surface area contributed by atoms with E-state index in [1.807, 2.05) is 67.2 Å². The Morgan fingerprint density at radius 2 is 1.81 bits per heavy atom. The number of ether oxygens (including phenoxy) is 1. The predicted molar refractivity (Wildman–Crippen MR) is 126 cm³/mol. The number of nitrogens with zero attached hydrogens (tertiary/aromatic N) is 2. The molecule has 2 aromatic carbocycles. The van der Waals surface area contributed by atoms with E-state index < -0.39 is 12.0 Å². The zero-order valence-corrected chi connectivity index (χ0v) is 18.5. The molecule has 4 aromatic rings. The van der Waals surface area contributed by atoms with Crippen molar-refractivity contribution in [3.63, 3.8) is 0 Å². The van der Waals surface area contributed by atoms with Gasteiger partial charge in [-0.15, -0.1) is 0 Å². The highest BCUT2D eigenvalue weighted by Gasteiger charge is 2.22. The lowest BCUT2D eigenvalue weighted by Gasteiger charge is -2.18. The fraction of sp³-hybridized carbons (Fsp3) is 0.269. The van der Waals surface area contributed by atoms with E-state index in [1.54, 1.807) is 0 Å². The number of fused-ring (bicyclic) bond motifs is 2. The summed E-state index contributed by atoms with van der Waals surface area (Å²) in [5, 5.41) is 4.95. The second-order valence-corrected chi connectivity index (χ2v) is 8.41. The lowest BCUT2D eigenvalue weighted by Crippen LogP contribution is -2.43. The lowest BCUT2D eigenvalue weighted by atomic mass is 10.0. The molecule has 32 heavy (non-hydrogen) atoms. The molecule has 0 bridgehead atoms. The van der Waals surface area contributed by atoms with Crippen LogP contribution in [0.1, 0.15) is 20.3 Å². The highest BCUT2D eigenvalue weighted by molar-refractivity contribution is 5.90. The summed E-state index contributed by atoms with van der Waals surface area (Å²) in [7, 11) is 1.34. The second-order valence-electron chi connectivity index (χ2n) is 8.41. The van der Waals surface area contributed by atoms with Gasteiger partial charge in [0.15, 0.2) is 0 Å². The molecular formula is C26H27N3O3. The van der Waals surface area contributed by atoms with Crippen molar-refractivity contribution in [2.24, 2.45) is 5.92 Å². The standard InChI is InChI=1S/C26H27N3O3/c1-17(2)12-23(26(31)32-3)28-25(30)16-29-11-10-20-13-18(8-9-24(20)29)21-14-19-6-4-5-7-22(19)27-15-21/h4-11,13-15,17,23H,12,16H2,1-3H3,(H,28,30)/t23-/m0/s1. The van der Waals surface area contributed by atoms with Crippen LogP contribution in [0.4, 0.5) is 0 Å². The van der Waals surface area contributed by atoms with Crippen molar-refractivity contribution in [2.45, 2.75) is 32.9 Å². The highest BCUT2D eigenvalue weighted by Crippen LogP contribution is 2.27. The van der Waals surface area contributed by atoms with Gasteiger partial charge in [-0.05, 0) is 48.2 Å². The number of aromatic nitrogens is 2. The minimum atomic E-state index is -0.638. The molecule has 0 saturated heterocycles. The number of hydrogen-bond acceptors (Lipinski definition) is 4. The molecule has 6 nitrogen and oxygen atoms in total. The average molecular weight is 430 g/mol. The summed E-state index contributed by atoms with van der Waals surface area (Å²) in [6.45, 7) is 4.14. The zero-order chi connectivity index (χ0) is 22.7. The molecule has 164 valence electrons. The van der Waals surface area contributed by atoms with E-state index in [4.69, 9.17) is 4.74 Å². The first-order valence-corrected chi connectivity index (χ1v) is 10.8. The molecule has 1 N–H and O–H groups in total. The Morgan fingerprint density at radius 1 is 1.03 bits per heavy atom. The normalized spacial score (nSPS) is 12.2. The van der Waals surface area contributed by atoms with Gasteiger partial charge in [-0.25, -0.2) is 4.79 Å². The van der Waals surface area contributed by atoms with E-state index in [0.29, 0.717) is 6.42 Å². The molecule has 4 rings (SSSR count). The number of rotatable bonds is 7. The van der Waals surface area contributed by atoms with E-state index in [9.17, 15) is 9.59 Å². The topological polar surface area (TPSA) is 73.2 Å². The number of carbonyl (C=O) groups is 2. The van der Waals surface area contributed by atoms with Crippen LogP contribution >= 0.6 is 0 Å². The number of hydrogen-bond donors (Lipinski definition) is 1. The molecule has 2 aromatic heterocycles.